The number of nitrogens with two attached hydrogens (primary N) is 1. The van der Waals surface area contributed by atoms with Gasteiger partial charge in [-0.05, 0) is 41.4 Å². The molecule has 0 bridgehead atoms. The summed E-state index contributed by atoms with van der Waals surface area (Å²) in [7, 11) is 0. The molecule has 0 aliphatic heterocycles. The molecule has 1 rings (SSSR count). The van der Waals surface area contributed by atoms with Crippen molar-refractivity contribution >= 4 is 40.2 Å². The van der Waals surface area contributed by atoms with Gasteiger partial charge in [-0.2, -0.15) is 0 Å². The van der Waals surface area contributed by atoms with Crippen molar-refractivity contribution in [2.45, 2.75) is 57.4 Å². The summed E-state index contributed by atoms with van der Waals surface area (Å²) in [5.74, 6) is -1.02. The fourth-order valence-corrected chi connectivity index (χ4v) is 2.97. The SMILES string of the molecule is N[C@@H](Cc1cccc(NC(=O)CCCCCCCCI)c1)C(=O)O. The summed E-state index contributed by atoms with van der Waals surface area (Å²) in [6.45, 7) is 0. The number of aliphatic carboxylic acids is 1. The number of alkyl halides is 1. The van der Waals surface area contributed by atoms with Crippen LogP contribution in [0.2, 0.25) is 0 Å². The monoisotopic (exact) mass is 446 g/mol. The van der Waals surface area contributed by atoms with Crippen LogP contribution in [0.5, 0.6) is 0 Å². The molecule has 5 nitrogen and oxygen atoms in total. The van der Waals surface area contributed by atoms with Crippen molar-refractivity contribution in [3.63, 3.8) is 0 Å². The molecule has 0 fully saturated rings. The van der Waals surface area contributed by atoms with Crippen LogP contribution in [0.3, 0.4) is 0 Å². The first kappa shape index (κ1) is 20.9. The van der Waals surface area contributed by atoms with Crippen LogP contribution in [-0.4, -0.2) is 27.5 Å². The Bertz CT molecular complexity index is 523. The Labute approximate surface area is 157 Å². The summed E-state index contributed by atoms with van der Waals surface area (Å²) in [6.07, 6.45) is 7.75. The molecule has 0 unspecified atom stereocenters. The van der Waals surface area contributed by atoms with Gasteiger partial charge in [0.25, 0.3) is 0 Å². The number of nitrogens with one attached hydrogen (secondary N) is 1. The molecular formula is C18H27IN2O3. The zero-order chi connectivity index (χ0) is 17.8. The molecule has 0 spiro atoms. The van der Waals surface area contributed by atoms with Crippen LogP contribution >= 0.6 is 22.6 Å². The van der Waals surface area contributed by atoms with E-state index in [9.17, 15) is 9.59 Å². The van der Waals surface area contributed by atoms with Crippen LogP contribution in [0, 0.1) is 0 Å². The Hall–Kier alpha value is -1.15. The minimum absolute atomic E-state index is 0.00180. The van der Waals surface area contributed by atoms with E-state index in [1.54, 1.807) is 18.2 Å². The van der Waals surface area contributed by atoms with Gasteiger partial charge in [-0.3, -0.25) is 9.59 Å². The third-order valence-corrected chi connectivity index (χ3v) is 4.53. The minimum Gasteiger partial charge on any atom is -0.480 e. The summed E-state index contributed by atoms with van der Waals surface area (Å²) in [6, 6.07) is 6.27. The van der Waals surface area contributed by atoms with E-state index in [0.717, 1.165) is 18.4 Å². The van der Waals surface area contributed by atoms with Crippen molar-refractivity contribution in [2.75, 3.05) is 9.74 Å². The lowest BCUT2D eigenvalue weighted by Crippen LogP contribution is -2.32. The lowest BCUT2D eigenvalue weighted by atomic mass is 10.1. The zero-order valence-electron chi connectivity index (χ0n) is 14.0. The molecule has 0 aromatic heterocycles. The van der Waals surface area contributed by atoms with Crippen molar-refractivity contribution in [3.8, 4) is 0 Å². The second-order valence-electron chi connectivity index (χ2n) is 5.96. The number of anilines is 1. The zero-order valence-corrected chi connectivity index (χ0v) is 16.1. The fourth-order valence-electron chi connectivity index (χ4n) is 2.43. The Balaban J connectivity index is 2.30. The molecule has 24 heavy (non-hydrogen) atoms. The first-order valence-electron chi connectivity index (χ1n) is 8.46. The van der Waals surface area contributed by atoms with E-state index >= 15 is 0 Å². The second kappa shape index (κ2) is 12.2. The van der Waals surface area contributed by atoms with Crippen LogP contribution in [0.1, 0.15) is 50.5 Å². The van der Waals surface area contributed by atoms with E-state index in [1.165, 1.54) is 30.1 Å². The van der Waals surface area contributed by atoms with E-state index < -0.39 is 12.0 Å². The van der Waals surface area contributed by atoms with Gasteiger partial charge < -0.3 is 16.2 Å². The third kappa shape index (κ3) is 9.22. The van der Waals surface area contributed by atoms with Gasteiger partial charge in [0, 0.05) is 12.1 Å². The summed E-state index contributed by atoms with van der Waals surface area (Å²) < 4.78 is 1.22. The molecule has 1 aromatic carbocycles. The van der Waals surface area contributed by atoms with Crippen molar-refractivity contribution in [1.29, 1.82) is 0 Å². The van der Waals surface area contributed by atoms with Crippen molar-refractivity contribution < 1.29 is 14.7 Å². The number of hydrogen-bond acceptors (Lipinski definition) is 3. The van der Waals surface area contributed by atoms with E-state index in [2.05, 4.69) is 27.9 Å². The number of rotatable bonds is 12. The summed E-state index contributed by atoms with van der Waals surface area (Å²) in [5.41, 5.74) is 7.03. The molecule has 0 saturated heterocycles. The van der Waals surface area contributed by atoms with Gasteiger partial charge in [-0.1, -0.05) is 60.4 Å². The van der Waals surface area contributed by atoms with Gasteiger partial charge in [0.05, 0.1) is 0 Å². The van der Waals surface area contributed by atoms with Crippen molar-refractivity contribution in [2.24, 2.45) is 5.73 Å². The fraction of sp³-hybridized carbons (Fsp3) is 0.556. The lowest BCUT2D eigenvalue weighted by molar-refractivity contribution is -0.138. The molecule has 0 heterocycles. The summed E-state index contributed by atoms with van der Waals surface area (Å²) in [5, 5.41) is 11.7. The molecule has 1 amide bonds. The number of halogens is 1. The highest BCUT2D eigenvalue weighted by molar-refractivity contribution is 14.1. The summed E-state index contributed by atoms with van der Waals surface area (Å²) >= 11 is 2.40. The molecule has 0 aliphatic rings. The number of amides is 1. The Morgan fingerprint density at radius 3 is 2.46 bits per heavy atom. The molecule has 0 saturated carbocycles. The number of carboxylic acid groups (broad SMARTS) is 1. The quantitative estimate of drug-likeness (QED) is 0.259. The number of hydrogen-bond donors (Lipinski definition) is 3. The van der Waals surface area contributed by atoms with E-state index in [1.807, 2.05) is 6.07 Å². The number of carboxylic acids is 1. The van der Waals surface area contributed by atoms with Crippen molar-refractivity contribution in [3.05, 3.63) is 29.8 Å². The molecule has 0 aliphatic carbocycles. The average Bonchev–Trinajstić information content (AvgIpc) is 2.54. The smallest absolute Gasteiger partial charge is 0.320 e. The molecule has 1 aromatic rings. The Morgan fingerprint density at radius 2 is 1.79 bits per heavy atom. The molecule has 0 radical (unpaired) electrons. The van der Waals surface area contributed by atoms with Crippen LogP contribution in [0.4, 0.5) is 5.69 Å². The Kier molecular flexibility index (Phi) is 10.7. The van der Waals surface area contributed by atoms with Crippen LogP contribution in [0.25, 0.3) is 0 Å². The van der Waals surface area contributed by atoms with Crippen LogP contribution in [0.15, 0.2) is 24.3 Å². The second-order valence-corrected chi connectivity index (χ2v) is 7.04. The highest BCUT2D eigenvalue weighted by atomic mass is 127. The predicted molar refractivity (Wildman–Crippen MR) is 106 cm³/mol. The van der Waals surface area contributed by atoms with Gasteiger partial charge in [-0.25, -0.2) is 0 Å². The van der Waals surface area contributed by atoms with Gasteiger partial charge in [-0.15, -0.1) is 0 Å². The minimum atomic E-state index is -1.03. The Morgan fingerprint density at radius 1 is 1.12 bits per heavy atom. The van der Waals surface area contributed by atoms with Gasteiger partial charge in [0.1, 0.15) is 6.04 Å². The van der Waals surface area contributed by atoms with Gasteiger partial charge in [0.2, 0.25) is 5.91 Å². The molecule has 134 valence electrons. The maximum atomic E-state index is 12.0. The molecule has 6 heteroatoms. The van der Waals surface area contributed by atoms with Gasteiger partial charge >= 0.3 is 5.97 Å². The highest BCUT2D eigenvalue weighted by Gasteiger charge is 2.12. The first-order valence-corrected chi connectivity index (χ1v) is 9.98. The average molecular weight is 446 g/mol. The number of carbonyl (C=O) groups excluding carboxylic acids is 1. The normalized spacial score (nSPS) is 11.9. The highest BCUT2D eigenvalue weighted by Crippen LogP contribution is 2.14. The molecular weight excluding hydrogens is 419 g/mol. The van der Waals surface area contributed by atoms with Crippen molar-refractivity contribution in [1.82, 2.24) is 0 Å². The molecule has 4 N–H and O–H groups in total. The van der Waals surface area contributed by atoms with Crippen LogP contribution in [-0.2, 0) is 16.0 Å². The van der Waals surface area contributed by atoms with E-state index in [0.29, 0.717) is 12.1 Å². The third-order valence-electron chi connectivity index (χ3n) is 3.77. The summed E-state index contributed by atoms with van der Waals surface area (Å²) in [4.78, 5) is 22.8. The number of benzene rings is 1. The predicted octanol–water partition coefficient (Wildman–Crippen LogP) is 3.75. The van der Waals surface area contributed by atoms with E-state index in [-0.39, 0.29) is 12.3 Å². The maximum Gasteiger partial charge on any atom is 0.320 e. The topological polar surface area (TPSA) is 92.4 Å². The molecule has 1 atom stereocenters. The number of unbranched alkanes of at least 4 members (excludes halogenated alkanes) is 5. The standard InChI is InChI=1S/C18H27IN2O3/c19-11-6-4-2-1-3-5-10-17(22)21-15-9-7-8-14(12-15)13-16(20)18(23)24/h7-9,12,16H,1-6,10-11,13,20H2,(H,21,22)(H,23,24)/t16-/m0/s1. The first-order chi connectivity index (χ1) is 11.5. The van der Waals surface area contributed by atoms with E-state index in [4.69, 9.17) is 10.8 Å². The largest absolute Gasteiger partial charge is 0.480 e. The lowest BCUT2D eigenvalue weighted by Gasteiger charge is -2.09. The van der Waals surface area contributed by atoms with Crippen LogP contribution < -0.4 is 11.1 Å². The maximum absolute atomic E-state index is 12.0. The number of carbonyl (C=O) groups is 2. The van der Waals surface area contributed by atoms with Gasteiger partial charge in [0.15, 0.2) is 0 Å².